The number of amides is 1. The van der Waals surface area contributed by atoms with Crippen molar-refractivity contribution in [3.8, 4) is 5.75 Å². The van der Waals surface area contributed by atoms with Gasteiger partial charge < -0.3 is 14.5 Å². The molecule has 2 aromatic carbocycles. The third-order valence-corrected chi connectivity index (χ3v) is 6.39. The first-order chi connectivity index (χ1) is 14.1. The van der Waals surface area contributed by atoms with Gasteiger partial charge in [-0.1, -0.05) is 35.6 Å². The maximum absolute atomic E-state index is 12.6. The van der Waals surface area contributed by atoms with E-state index >= 15 is 0 Å². The van der Waals surface area contributed by atoms with E-state index in [1.807, 2.05) is 37.4 Å². The van der Waals surface area contributed by atoms with E-state index in [0.29, 0.717) is 13.1 Å². The maximum atomic E-state index is 12.6. The van der Waals surface area contributed by atoms with Crippen LogP contribution in [0.3, 0.4) is 0 Å². The molecule has 1 saturated heterocycles. The minimum Gasteiger partial charge on any atom is -0.497 e. The van der Waals surface area contributed by atoms with Gasteiger partial charge in [-0.25, -0.2) is 4.98 Å². The van der Waals surface area contributed by atoms with Crippen molar-refractivity contribution in [1.82, 2.24) is 14.8 Å². The van der Waals surface area contributed by atoms with E-state index < -0.39 is 0 Å². The van der Waals surface area contributed by atoms with Gasteiger partial charge in [-0.2, -0.15) is 0 Å². The molecule has 0 N–H and O–H groups in total. The van der Waals surface area contributed by atoms with E-state index in [1.54, 1.807) is 23.3 Å². The number of carbonyl (C=O) groups is 1. The molecule has 1 aliphatic rings. The van der Waals surface area contributed by atoms with Gasteiger partial charge in [0.15, 0.2) is 5.13 Å². The molecule has 152 valence electrons. The molecular weight excluding hydrogens is 384 g/mol. The van der Waals surface area contributed by atoms with Gasteiger partial charge in [-0.05, 0) is 29.8 Å². The second-order valence-electron chi connectivity index (χ2n) is 7.33. The summed E-state index contributed by atoms with van der Waals surface area (Å²) in [5, 5.41) is 1.08. The van der Waals surface area contributed by atoms with Crippen LogP contribution in [0.2, 0.25) is 0 Å². The monoisotopic (exact) mass is 410 g/mol. The Morgan fingerprint density at radius 1 is 1.10 bits per heavy atom. The minimum absolute atomic E-state index is 0.147. The summed E-state index contributed by atoms with van der Waals surface area (Å²) in [6, 6.07) is 16.1. The Balaban J connectivity index is 1.27. The fourth-order valence-electron chi connectivity index (χ4n) is 3.50. The number of aromatic nitrogens is 1. The molecule has 0 spiro atoms. The molecule has 2 heterocycles. The Morgan fingerprint density at radius 3 is 2.52 bits per heavy atom. The van der Waals surface area contributed by atoms with Gasteiger partial charge in [0, 0.05) is 39.8 Å². The highest BCUT2D eigenvalue weighted by Gasteiger charge is 2.22. The zero-order valence-electron chi connectivity index (χ0n) is 16.9. The van der Waals surface area contributed by atoms with Crippen LogP contribution in [-0.2, 0) is 11.3 Å². The zero-order valence-corrected chi connectivity index (χ0v) is 17.7. The molecule has 0 radical (unpaired) electrons. The normalized spacial score (nSPS) is 14.9. The van der Waals surface area contributed by atoms with Crippen molar-refractivity contribution in [3.63, 3.8) is 0 Å². The van der Waals surface area contributed by atoms with Crippen molar-refractivity contribution in [2.75, 3.05) is 51.8 Å². The number of rotatable bonds is 6. The summed E-state index contributed by atoms with van der Waals surface area (Å²) in [6.45, 7) is 4.61. The Morgan fingerprint density at radius 2 is 1.83 bits per heavy atom. The molecule has 3 aromatic rings. The smallest absolute Gasteiger partial charge is 0.236 e. The van der Waals surface area contributed by atoms with E-state index in [9.17, 15) is 4.79 Å². The molecule has 4 rings (SSSR count). The molecule has 1 amide bonds. The molecule has 29 heavy (non-hydrogen) atoms. The lowest BCUT2D eigenvalue weighted by Crippen LogP contribution is -2.49. The molecule has 7 heteroatoms. The minimum atomic E-state index is 0.147. The molecule has 1 aromatic heterocycles. The number of methoxy groups -OCH3 is 1. The van der Waals surface area contributed by atoms with Gasteiger partial charge in [0.25, 0.3) is 0 Å². The Hall–Kier alpha value is -2.64. The van der Waals surface area contributed by atoms with E-state index in [1.165, 1.54) is 4.70 Å². The Labute approximate surface area is 175 Å². The molecule has 1 fully saturated rings. The Kier molecular flexibility index (Phi) is 5.97. The summed E-state index contributed by atoms with van der Waals surface area (Å²) in [6.07, 6.45) is 0. The van der Waals surface area contributed by atoms with Gasteiger partial charge in [0.1, 0.15) is 5.75 Å². The van der Waals surface area contributed by atoms with Gasteiger partial charge >= 0.3 is 0 Å². The number of piperazine rings is 1. The van der Waals surface area contributed by atoms with Crippen LogP contribution in [0.5, 0.6) is 5.75 Å². The molecular formula is C22H26N4O2S. The number of para-hydroxylation sites is 1. The third-order valence-electron chi connectivity index (χ3n) is 5.29. The average molecular weight is 411 g/mol. The summed E-state index contributed by atoms with van der Waals surface area (Å²) >= 11 is 1.74. The van der Waals surface area contributed by atoms with Gasteiger partial charge in [0.2, 0.25) is 5.91 Å². The van der Waals surface area contributed by atoms with Crippen LogP contribution in [0, 0.1) is 0 Å². The van der Waals surface area contributed by atoms with Crippen LogP contribution in [0.4, 0.5) is 5.13 Å². The quantitative estimate of drug-likeness (QED) is 0.625. The van der Waals surface area contributed by atoms with Crippen LogP contribution in [0.25, 0.3) is 10.2 Å². The molecule has 0 unspecified atom stereocenters. The van der Waals surface area contributed by atoms with E-state index in [2.05, 4.69) is 28.0 Å². The number of benzene rings is 2. The van der Waals surface area contributed by atoms with Crippen molar-refractivity contribution >= 4 is 32.6 Å². The van der Waals surface area contributed by atoms with Crippen LogP contribution in [0.1, 0.15) is 5.56 Å². The summed E-state index contributed by atoms with van der Waals surface area (Å²) in [7, 11) is 3.52. The van der Waals surface area contributed by atoms with Crippen LogP contribution in [0.15, 0.2) is 48.5 Å². The second-order valence-corrected chi connectivity index (χ2v) is 8.33. The van der Waals surface area contributed by atoms with Gasteiger partial charge in [0.05, 0.1) is 23.9 Å². The predicted octanol–water partition coefficient (Wildman–Crippen LogP) is 3.09. The van der Waals surface area contributed by atoms with Crippen molar-refractivity contribution in [1.29, 1.82) is 0 Å². The fraction of sp³-hybridized carbons (Fsp3) is 0.364. The highest BCUT2D eigenvalue weighted by molar-refractivity contribution is 7.22. The van der Waals surface area contributed by atoms with Crippen LogP contribution in [-0.4, -0.2) is 67.6 Å². The van der Waals surface area contributed by atoms with Crippen molar-refractivity contribution in [2.45, 2.75) is 6.54 Å². The standard InChI is InChI=1S/C22H26N4O2S/c1-24(15-17-7-9-18(28-2)10-8-17)21(27)16-25-11-13-26(14-12-25)22-23-19-5-3-4-6-20(19)29-22/h3-10H,11-16H2,1-2H3. The number of carbonyl (C=O) groups excluding carboxylic acids is 1. The van der Waals surface area contributed by atoms with Crippen LogP contribution >= 0.6 is 11.3 Å². The number of hydrogen-bond donors (Lipinski definition) is 0. The van der Waals surface area contributed by atoms with Crippen molar-refractivity contribution in [3.05, 3.63) is 54.1 Å². The van der Waals surface area contributed by atoms with E-state index in [4.69, 9.17) is 9.72 Å². The molecule has 0 atom stereocenters. The number of nitrogens with zero attached hydrogens (tertiary/aromatic N) is 4. The first-order valence-electron chi connectivity index (χ1n) is 9.82. The number of thiazole rings is 1. The number of likely N-dealkylation sites (N-methyl/N-ethyl adjacent to an activating group) is 1. The third kappa shape index (κ3) is 4.68. The van der Waals surface area contributed by atoms with Crippen molar-refractivity contribution < 1.29 is 9.53 Å². The summed E-state index contributed by atoms with van der Waals surface area (Å²) in [5.74, 6) is 0.975. The SMILES string of the molecule is COc1ccc(CN(C)C(=O)CN2CCN(c3nc4ccccc4s3)CC2)cc1. The van der Waals surface area contributed by atoms with E-state index in [0.717, 1.165) is 48.1 Å². The van der Waals surface area contributed by atoms with E-state index in [-0.39, 0.29) is 5.91 Å². The lowest BCUT2D eigenvalue weighted by atomic mass is 10.2. The molecule has 0 aliphatic carbocycles. The van der Waals surface area contributed by atoms with Crippen LogP contribution < -0.4 is 9.64 Å². The lowest BCUT2D eigenvalue weighted by molar-refractivity contribution is -0.131. The largest absolute Gasteiger partial charge is 0.497 e. The molecule has 0 bridgehead atoms. The number of hydrogen-bond acceptors (Lipinski definition) is 6. The number of ether oxygens (including phenoxy) is 1. The first kappa shape index (κ1) is 19.7. The zero-order chi connectivity index (χ0) is 20.2. The maximum Gasteiger partial charge on any atom is 0.236 e. The van der Waals surface area contributed by atoms with Crippen molar-refractivity contribution in [2.24, 2.45) is 0 Å². The molecule has 0 saturated carbocycles. The number of anilines is 1. The molecule has 1 aliphatic heterocycles. The second kappa shape index (κ2) is 8.80. The molecule has 6 nitrogen and oxygen atoms in total. The average Bonchev–Trinajstić information content (AvgIpc) is 3.19. The summed E-state index contributed by atoms with van der Waals surface area (Å²) < 4.78 is 6.41. The summed E-state index contributed by atoms with van der Waals surface area (Å²) in [5.41, 5.74) is 2.16. The first-order valence-corrected chi connectivity index (χ1v) is 10.6. The van der Waals surface area contributed by atoms with Gasteiger partial charge in [-0.3, -0.25) is 9.69 Å². The summed E-state index contributed by atoms with van der Waals surface area (Å²) in [4.78, 5) is 23.7. The van der Waals surface area contributed by atoms with Gasteiger partial charge in [-0.15, -0.1) is 0 Å². The number of fused-ring (bicyclic) bond motifs is 1. The highest BCUT2D eigenvalue weighted by atomic mass is 32.1. The lowest BCUT2D eigenvalue weighted by Gasteiger charge is -2.34. The highest BCUT2D eigenvalue weighted by Crippen LogP contribution is 2.29. The topological polar surface area (TPSA) is 48.9 Å². The fourth-order valence-corrected chi connectivity index (χ4v) is 4.51. The Bertz CT molecular complexity index is 931. The predicted molar refractivity (Wildman–Crippen MR) is 118 cm³/mol.